The van der Waals surface area contributed by atoms with E-state index in [0.29, 0.717) is 10.9 Å². The number of benzene rings is 2. The molecule has 1 saturated carbocycles. The van der Waals surface area contributed by atoms with Gasteiger partial charge >= 0.3 is 0 Å². The Morgan fingerprint density at radius 2 is 1.90 bits per heavy atom. The zero-order valence-corrected chi connectivity index (χ0v) is 18.2. The van der Waals surface area contributed by atoms with Crippen molar-refractivity contribution in [2.45, 2.75) is 24.8 Å². The van der Waals surface area contributed by atoms with Crippen LogP contribution in [0.4, 0.5) is 4.39 Å². The Morgan fingerprint density at radius 3 is 2.59 bits per heavy atom. The van der Waals surface area contributed by atoms with Crippen LogP contribution < -0.4 is 0 Å². The van der Waals surface area contributed by atoms with Gasteiger partial charge in [-0.3, -0.25) is 9.36 Å². The van der Waals surface area contributed by atoms with Crippen molar-refractivity contribution in [1.82, 2.24) is 9.55 Å². The Labute approximate surface area is 182 Å². The molecule has 3 nitrogen and oxygen atoms in total. The number of hydrogen-bond acceptors (Lipinski definition) is 3. The first-order valence-corrected chi connectivity index (χ1v) is 10.9. The summed E-state index contributed by atoms with van der Waals surface area (Å²) in [6.45, 7) is 4.08. The lowest BCUT2D eigenvalue weighted by Gasteiger charge is -2.09. The summed E-state index contributed by atoms with van der Waals surface area (Å²) in [7, 11) is 0. The number of para-hydroxylation sites is 2. The summed E-state index contributed by atoms with van der Waals surface area (Å²) < 4.78 is 15.0. The van der Waals surface area contributed by atoms with Crippen LogP contribution in [0.5, 0.6) is 0 Å². The monoisotopic (exact) mass is 448 g/mol. The van der Waals surface area contributed by atoms with E-state index in [9.17, 15) is 9.18 Å². The third-order valence-electron chi connectivity index (χ3n) is 5.51. The van der Waals surface area contributed by atoms with Crippen molar-refractivity contribution in [2.24, 2.45) is 17.3 Å². The molecule has 0 N–H and O–H groups in total. The Hall–Kier alpha value is -1.82. The molecule has 4 rings (SSSR count). The van der Waals surface area contributed by atoms with Crippen LogP contribution in [-0.4, -0.2) is 15.5 Å². The van der Waals surface area contributed by atoms with Gasteiger partial charge in [0, 0.05) is 5.75 Å². The molecule has 1 aliphatic rings. The quantitative estimate of drug-likeness (QED) is 0.407. The van der Waals surface area contributed by atoms with Crippen LogP contribution in [-0.2, 0) is 5.75 Å². The number of hydrogen-bond donors (Lipinski definition) is 0. The Balaban J connectivity index is 1.68. The lowest BCUT2D eigenvalue weighted by atomic mass is 10.1. The molecular weight excluding hydrogens is 430 g/mol. The summed E-state index contributed by atoms with van der Waals surface area (Å²) in [6.07, 6.45) is 1.75. The molecule has 0 saturated heterocycles. The highest BCUT2D eigenvalue weighted by Crippen LogP contribution is 2.60. The standard InChI is InChI=1S/C22H19Cl2FN2OS/c1-22(2)15(11-18(23)24)19(22)20(28)27-17-6-4-3-5-16(17)26-21(27)29-12-13-7-9-14(25)10-8-13/h3-11,15,19H,12H2,1-2H3/t15-,19-/m1/s1. The average Bonchev–Trinajstić information content (AvgIpc) is 3.03. The molecule has 0 amide bonds. The van der Waals surface area contributed by atoms with E-state index in [1.54, 1.807) is 22.8 Å². The van der Waals surface area contributed by atoms with E-state index < -0.39 is 0 Å². The smallest absolute Gasteiger partial charge is 0.237 e. The van der Waals surface area contributed by atoms with Gasteiger partial charge in [-0.2, -0.15) is 0 Å². The number of nitrogens with zero attached hydrogens (tertiary/aromatic N) is 2. The molecule has 0 aliphatic heterocycles. The van der Waals surface area contributed by atoms with Crippen LogP contribution in [0.3, 0.4) is 0 Å². The summed E-state index contributed by atoms with van der Waals surface area (Å²) >= 11 is 13.2. The van der Waals surface area contributed by atoms with E-state index in [4.69, 9.17) is 23.2 Å². The van der Waals surface area contributed by atoms with Gasteiger partial charge in [0.2, 0.25) is 5.91 Å². The van der Waals surface area contributed by atoms with E-state index in [0.717, 1.165) is 16.6 Å². The highest BCUT2D eigenvalue weighted by Gasteiger charge is 2.61. The summed E-state index contributed by atoms with van der Waals surface area (Å²) in [5, 5.41) is 0.628. The van der Waals surface area contributed by atoms with Crippen molar-refractivity contribution in [3.05, 3.63) is 70.5 Å². The van der Waals surface area contributed by atoms with Crippen molar-refractivity contribution < 1.29 is 9.18 Å². The van der Waals surface area contributed by atoms with Gasteiger partial charge in [0.1, 0.15) is 10.3 Å². The predicted octanol–water partition coefficient (Wildman–Crippen LogP) is 6.70. The average molecular weight is 449 g/mol. The van der Waals surface area contributed by atoms with Gasteiger partial charge in [0.25, 0.3) is 0 Å². The second-order valence-corrected chi connectivity index (χ2v) is 9.70. The molecule has 3 aromatic rings. The van der Waals surface area contributed by atoms with E-state index in [1.165, 1.54) is 23.9 Å². The molecule has 2 atom stereocenters. The van der Waals surface area contributed by atoms with Crippen molar-refractivity contribution >= 4 is 51.9 Å². The van der Waals surface area contributed by atoms with Gasteiger partial charge in [-0.25, -0.2) is 9.37 Å². The minimum atomic E-state index is -0.269. The Kier molecular flexibility index (Phi) is 5.49. The van der Waals surface area contributed by atoms with Crippen LogP contribution in [0.1, 0.15) is 24.2 Å². The molecule has 0 radical (unpaired) electrons. The first-order valence-electron chi connectivity index (χ1n) is 9.21. The lowest BCUT2D eigenvalue weighted by Crippen LogP contribution is -2.17. The van der Waals surface area contributed by atoms with Crippen LogP contribution in [0.15, 0.2) is 64.3 Å². The van der Waals surface area contributed by atoms with Crippen LogP contribution in [0, 0.1) is 23.1 Å². The minimum Gasteiger partial charge on any atom is -0.274 e. The zero-order valence-electron chi connectivity index (χ0n) is 15.9. The van der Waals surface area contributed by atoms with Crippen LogP contribution >= 0.6 is 35.0 Å². The molecular formula is C22H19Cl2FN2OS. The molecule has 150 valence electrons. The predicted molar refractivity (Wildman–Crippen MR) is 117 cm³/mol. The Bertz CT molecular complexity index is 1100. The number of halogens is 3. The number of allylic oxidation sites excluding steroid dienone is 1. The van der Waals surface area contributed by atoms with Gasteiger partial charge in [0.15, 0.2) is 5.16 Å². The van der Waals surface area contributed by atoms with E-state index in [1.807, 2.05) is 38.1 Å². The molecule has 0 bridgehead atoms. The summed E-state index contributed by atoms with van der Waals surface area (Å²) in [5.41, 5.74) is 2.28. The third kappa shape index (κ3) is 3.96. The van der Waals surface area contributed by atoms with Gasteiger partial charge in [-0.1, -0.05) is 73.1 Å². The maximum Gasteiger partial charge on any atom is 0.237 e. The number of fused-ring (bicyclic) bond motifs is 1. The molecule has 29 heavy (non-hydrogen) atoms. The van der Waals surface area contributed by atoms with Crippen molar-refractivity contribution in [2.75, 3.05) is 0 Å². The molecule has 1 heterocycles. The largest absolute Gasteiger partial charge is 0.274 e. The number of carbonyl (C=O) groups is 1. The fourth-order valence-corrected chi connectivity index (χ4v) is 5.02. The third-order valence-corrected chi connectivity index (χ3v) is 6.78. The van der Waals surface area contributed by atoms with E-state index >= 15 is 0 Å². The first kappa shape index (κ1) is 20.5. The molecule has 2 aromatic carbocycles. The number of thioether (sulfide) groups is 1. The molecule has 7 heteroatoms. The van der Waals surface area contributed by atoms with Gasteiger partial charge < -0.3 is 0 Å². The number of rotatable bonds is 5. The molecule has 0 unspecified atom stereocenters. The fraction of sp³-hybridized carbons (Fsp3) is 0.273. The SMILES string of the molecule is CC1(C)[C@H](C=C(Cl)Cl)[C@@H]1C(=O)n1c(SCc2ccc(F)cc2)nc2ccccc21. The number of imidazole rings is 1. The van der Waals surface area contributed by atoms with E-state index in [2.05, 4.69) is 4.98 Å². The fourth-order valence-electron chi connectivity index (χ4n) is 3.78. The summed E-state index contributed by atoms with van der Waals surface area (Å²) in [5.74, 6) is 0.0612. The van der Waals surface area contributed by atoms with Crippen molar-refractivity contribution in [3.8, 4) is 0 Å². The van der Waals surface area contributed by atoms with Crippen LogP contribution in [0.25, 0.3) is 11.0 Å². The molecule has 1 fully saturated rings. The van der Waals surface area contributed by atoms with Crippen molar-refractivity contribution in [3.63, 3.8) is 0 Å². The molecule has 1 aliphatic carbocycles. The number of aromatic nitrogens is 2. The maximum absolute atomic E-state index is 13.5. The second-order valence-electron chi connectivity index (χ2n) is 7.75. The molecule has 0 spiro atoms. The Morgan fingerprint density at radius 1 is 1.21 bits per heavy atom. The zero-order chi connectivity index (χ0) is 20.8. The first-order chi connectivity index (χ1) is 13.8. The van der Waals surface area contributed by atoms with Gasteiger partial charge in [-0.05, 0) is 47.2 Å². The van der Waals surface area contributed by atoms with Gasteiger partial charge in [0.05, 0.1) is 17.0 Å². The highest BCUT2D eigenvalue weighted by atomic mass is 35.5. The summed E-state index contributed by atoms with van der Waals surface area (Å²) in [4.78, 5) is 18.2. The highest BCUT2D eigenvalue weighted by molar-refractivity contribution is 7.98. The van der Waals surface area contributed by atoms with Crippen LogP contribution in [0.2, 0.25) is 0 Å². The second kappa shape index (κ2) is 7.78. The van der Waals surface area contributed by atoms with Gasteiger partial charge in [-0.15, -0.1) is 0 Å². The number of carbonyl (C=O) groups excluding carboxylic acids is 1. The lowest BCUT2D eigenvalue weighted by molar-refractivity contribution is 0.0862. The topological polar surface area (TPSA) is 34.9 Å². The molecule has 1 aromatic heterocycles. The normalized spacial score (nSPS) is 19.9. The summed E-state index contributed by atoms with van der Waals surface area (Å²) in [6, 6.07) is 13.9. The minimum absolute atomic E-state index is 0.0128. The van der Waals surface area contributed by atoms with Crippen molar-refractivity contribution in [1.29, 1.82) is 0 Å². The van der Waals surface area contributed by atoms with E-state index in [-0.39, 0.29) is 33.5 Å². The maximum atomic E-state index is 13.5.